The van der Waals surface area contributed by atoms with Crippen LogP contribution in [0.3, 0.4) is 0 Å². The van der Waals surface area contributed by atoms with Gasteiger partial charge in [-0.3, -0.25) is 4.79 Å². The molecule has 0 aliphatic carbocycles. The highest BCUT2D eigenvalue weighted by molar-refractivity contribution is 5.77. The lowest BCUT2D eigenvalue weighted by atomic mass is 9.99. The second-order valence-corrected chi connectivity index (χ2v) is 7.19. The predicted octanol–water partition coefficient (Wildman–Crippen LogP) is 4.44. The Kier molecular flexibility index (Phi) is 12.5. The second kappa shape index (κ2) is 13.2. The summed E-state index contributed by atoms with van der Waals surface area (Å²) < 4.78 is 10.1. The van der Waals surface area contributed by atoms with Crippen molar-refractivity contribution in [3.63, 3.8) is 0 Å². The first-order valence-electron chi connectivity index (χ1n) is 8.91. The molecular weight excluding hydrogens is 294 g/mol. The Labute approximate surface area is 141 Å². The standard InChI is InChI=1S/C18H35NO4/c1-5-6-7-8-9-10-11-12-13-22-16(20)14-19-17(21)23-15-18(2,3)4/h5-15H2,1-4H3,(H,19,21). The minimum absolute atomic E-state index is 0.0889. The Hall–Kier alpha value is -1.26. The predicted molar refractivity (Wildman–Crippen MR) is 92.4 cm³/mol. The van der Waals surface area contributed by atoms with Gasteiger partial charge in [-0.25, -0.2) is 4.79 Å². The maximum absolute atomic E-state index is 11.5. The molecule has 0 unspecified atom stereocenters. The molecule has 23 heavy (non-hydrogen) atoms. The molecule has 0 spiro atoms. The van der Waals surface area contributed by atoms with Crippen LogP contribution >= 0.6 is 0 Å². The van der Waals surface area contributed by atoms with Crippen molar-refractivity contribution in [2.75, 3.05) is 19.8 Å². The van der Waals surface area contributed by atoms with E-state index in [-0.39, 0.29) is 12.0 Å². The van der Waals surface area contributed by atoms with Crippen LogP contribution in [0.25, 0.3) is 0 Å². The molecule has 0 fully saturated rings. The molecule has 0 saturated heterocycles. The van der Waals surface area contributed by atoms with Crippen molar-refractivity contribution in [3.8, 4) is 0 Å². The summed E-state index contributed by atoms with van der Waals surface area (Å²) in [5.74, 6) is -0.416. The number of alkyl carbamates (subject to hydrolysis) is 1. The van der Waals surface area contributed by atoms with Crippen molar-refractivity contribution in [1.82, 2.24) is 5.32 Å². The van der Waals surface area contributed by atoms with Crippen LogP contribution in [0.15, 0.2) is 0 Å². The fourth-order valence-corrected chi connectivity index (χ4v) is 1.95. The molecule has 5 heteroatoms. The van der Waals surface area contributed by atoms with Crippen LogP contribution in [-0.4, -0.2) is 31.8 Å². The van der Waals surface area contributed by atoms with E-state index in [1.165, 1.54) is 38.5 Å². The van der Waals surface area contributed by atoms with E-state index in [4.69, 9.17) is 9.47 Å². The molecule has 0 aliphatic rings. The van der Waals surface area contributed by atoms with Gasteiger partial charge >= 0.3 is 12.1 Å². The summed E-state index contributed by atoms with van der Waals surface area (Å²) in [6.07, 6.45) is 9.05. The van der Waals surface area contributed by atoms with Crippen LogP contribution in [0.1, 0.15) is 79.1 Å². The molecule has 136 valence electrons. The van der Waals surface area contributed by atoms with Gasteiger partial charge in [-0.15, -0.1) is 0 Å². The average Bonchev–Trinajstić information content (AvgIpc) is 2.48. The molecule has 0 heterocycles. The third kappa shape index (κ3) is 16.9. The van der Waals surface area contributed by atoms with Crippen LogP contribution in [0, 0.1) is 5.41 Å². The summed E-state index contributed by atoms with van der Waals surface area (Å²) in [6.45, 7) is 8.72. The van der Waals surface area contributed by atoms with E-state index < -0.39 is 12.1 Å². The van der Waals surface area contributed by atoms with Crippen LogP contribution in [0.2, 0.25) is 0 Å². The zero-order chi connectivity index (χ0) is 17.6. The number of hydrogen-bond acceptors (Lipinski definition) is 4. The smallest absolute Gasteiger partial charge is 0.407 e. The van der Waals surface area contributed by atoms with E-state index in [1.54, 1.807) is 0 Å². The van der Waals surface area contributed by atoms with Crippen LogP contribution in [0.5, 0.6) is 0 Å². The van der Waals surface area contributed by atoms with Gasteiger partial charge in [0.1, 0.15) is 6.54 Å². The molecule has 0 saturated carbocycles. The number of carbonyl (C=O) groups is 2. The van der Waals surface area contributed by atoms with Crippen LogP contribution in [-0.2, 0) is 14.3 Å². The van der Waals surface area contributed by atoms with E-state index in [0.29, 0.717) is 13.2 Å². The Balaban J connectivity index is 3.42. The third-order valence-corrected chi connectivity index (χ3v) is 3.27. The zero-order valence-corrected chi connectivity index (χ0v) is 15.4. The number of hydrogen-bond donors (Lipinski definition) is 1. The first-order valence-corrected chi connectivity index (χ1v) is 8.91. The summed E-state index contributed by atoms with van der Waals surface area (Å²) in [6, 6.07) is 0. The molecule has 0 rings (SSSR count). The molecule has 0 atom stereocenters. The largest absolute Gasteiger partial charge is 0.464 e. The Morgan fingerprint density at radius 1 is 0.870 bits per heavy atom. The lowest BCUT2D eigenvalue weighted by Crippen LogP contribution is -2.33. The average molecular weight is 329 g/mol. The number of nitrogens with one attached hydrogen (secondary N) is 1. The maximum atomic E-state index is 11.5. The molecule has 0 aromatic rings. The third-order valence-electron chi connectivity index (χ3n) is 3.27. The van der Waals surface area contributed by atoms with Crippen molar-refractivity contribution in [2.24, 2.45) is 5.41 Å². The van der Waals surface area contributed by atoms with Gasteiger partial charge < -0.3 is 14.8 Å². The number of ether oxygens (including phenoxy) is 2. The topological polar surface area (TPSA) is 64.6 Å². The summed E-state index contributed by atoms with van der Waals surface area (Å²) in [5, 5.41) is 2.40. The maximum Gasteiger partial charge on any atom is 0.407 e. The molecule has 5 nitrogen and oxygen atoms in total. The van der Waals surface area contributed by atoms with Crippen molar-refractivity contribution >= 4 is 12.1 Å². The highest BCUT2D eigenvalue weighted by Gasteiger charge is 2.14. The Morgan fingerprint density at radius 2 is 1.43 bits per heavy atom. The van der Waals surface area contributed by atoms with Gasteiger partial charge in [0.05, 0.1) is 13.2 Å². The van der Waals surface area contributed by atoms with Gasteiger partial charge in [0, 0.05) is 0 Å². The molecule has 0 aliphatic heterocycles. The van der Waals surface area contributed by atoms with Crippen LogP contribution in [0.4, 0.5) is 4.79 Å². The molecule has 0 aromatic carbocycles. The monoisotopic (exact) mass is 329 g/mol. The second-order valence-electron chi connectivity index (χ2n) is 7.19. The van der Waals surface area contributed by atoms with E-state index in [0.717, 1.165) is 12.8 Å². The summed E-state index contributed by atoms with van der Waals surface area (Å²) in [4.78, 5) is 22.8. The van der Waals surface area contributed by atoms with Gasteiger partial charge in [0.15, 0.2) is 0 Å². The molecule has 1 N–H and O–H groups in total. The van der Waals surface area contributed by atoms with E-state index in [9.17, 15) is 9.59 Å². The summed E-state index contributed by atoms with van der Waals surface area (Å²) in [7, 11) is 0. The minimum Gasteiger partial charge on any atom is -0.464 e. The van der Waals surface area contributed by atoms with Gasteiger partial charge in [0.25, 0.3) is 0 Å². The lowest BCUT2D eigenvalue weighted by molar-refractivity contribution is -0.142. The molecule has 0 radical (unpaired) electrons. The van der Waals surface area contributed by atoms with E-state index in [2.05, 4.69) is 12.2 Å². The Bertz CT molecular complexity index is 323. The van der Waals surface area contributed by atoms with E-state index >= 15 is 0 Å². The van der Waals surface area contributed by atoms with Gasteiger partial charge in [-0.1, -0.05) is 72.6 Å². The van der Waals surface area contributed by atoms with Crippen molar-refractivity contribution in [1.29, 1.82) is 0 Å². The van der Waals surface area contributed by atoms with Crippen molar-refractivity contribution < 1.29 is 19.1 Å². The highest BCUT2D eigenvalue weighted by Crippen LogP contribution is 2.12. The molecule has 0 bridgehead atoms. The fraction of sp³-hybridized carbons (Fsp3) is 0.889. The zero-order valence-electron chi connectivity index (χ0n) is 15.4. The van der Waals surface area contributed by atoms with E-state index in [1.807, 2.05) is 20.8 Å². The first-order chi connectivity index (χ1) is 10.8. The SMILES string of the molecule is CCCCCCCCCCOC(=O)CNC(=O)OCC(C)(C)C. The minimum atomic E-state index is -0.580. The molecule has 1 amide bonds. The lowest BCUT2D eigenvalue weighted by Gasteiger charge is -2.17. The molecule has 0 aromatic heterocycles. The number of rotatable bonds is 12. The number of amides is 1. The number of esters is 1. The quantitative estimate of drug-likeness (QED) is 0.424. The normalized spacial score (nSPS) is 11.1. The molecular formula is C18H35NO4. The van der Waals surface area contributed by atoms with Gasteiger partial charge in [0.2, 0.25) is 0 Å². The summed E-state index contributed by atoms with van der Waals surface area (Å²) >= 11 is 0. The highest BCUT2D eigenvalue weighted by atomic mass is 16.6. The Morgan fingerprint density at radius 3 is 2.00 bits per heavy atom. The van der Waals surface area contributed by atoms with Crippen LogP contribution < -0.4 is 5.32 Å². The first kappa shape index (κ1) is 21.7. The van der Waals surface area contributed by atoms with Gasteiger partial charge in [-0.2, -0.15) is 0 Å². The van der Waals surface area contributed by atoms with Gasteiger partial charge in [-0.05, 0) is 11.8 Å². The number of unbranched alkanes of at least 4 members (excludes halogenated alkanes) is 7. The van der Waals surface area contributed by atoms with Crippen molar-refractivity contribution in [3.05, 3.63) is 0 Å². The number of carbonyl (C=O) groups excluding carboxylic acids is 2. The van der Waals surface area contributed by atoms with Crippen molar-refractivity contribution in [2.45, 2.75) is 79.1 Å². The summed E-state index contributed by atoms with van der Waals surface area (Å²) in [5.41, 5.74) is -0.0889. The fourth-order valence-electron chi connectivity index (χ4n) is 1.95.